The summed E-state index contributed by atoms with van der Waals surface area (Å²) >= 11 is 3.89. The van der Waals surface area contributed by atoms with Gasteiger partial charge in [-0.3, -0.25) is 0 Å². The third-order valence-corrected chi connectivity index (χ3v) is 5.79. The first-order valence-electron chi connectivity index (χ1n) is 6.89. The van der Waals surface area contributed by atoms with E-state index in [1.165, 1.54) is 57.8 Å². The monoisotopic (exact) mass is 272 g/mol. The van der Waals surface area contributed by atoms with Gasteiger partial charge in [-0.05, 0) is 37.0 Å². The smallest absolute Gasteiger partial charge is 0.0174 e. The minimum absolute atomic E-state index is 0.839. The maximum absolute atomic E-state index is 3.89. The minimum atomic E-state index is 0.839. The van der Waals surface area contributed by atoms with Gasteiger partial charge in [0, 0.05) is 4.83 Å². The van der Waals surface area contributed by atoms with Gasteiger partial charge in [-0.1, -0.05) is 61.4 Å². The van der Waals surface area contributed by atoms with Crippen molar-refractivity contribution in [2.24, 2.45) is 17.8 Å². The van der Waals surface area contributed by atoms with Crippen molar-refractivity contribution in [2.45, 2.75) is 69.5 Å². The highest BCUT2D eigenvalue weighted by Crippen LogP contribution is 2.39. The van der Waals surface area contributed by atoms with E-state index in [1.54, 1.807) is 0 Å². The standard InChI is InChI=1S/C14H25Br/c1-11-6-8-12(9-7-11)10-13-4-2-3-5-14(13)15/h11-14H,2-10H2,1H3. The predicted octanol–water partition coefficient (Wildman–Crippen LogP) is 5.16. The molecule has 2 fully saturated rings. The van der Waals surface area contributed by atoms with Crippen LogP contribution in [0.15, 0.2) is 0 Å². The summed E-state index contributed by atoms with van der Waals surface area (Å²) in [6.45, 7) is 2.42. The van der Waals surface area contributed by atoms with Crippen LogP contribution in [0, 0.1) is 17.8 Å². The molecule has 0 aromatic heterocycles. The van der Waals surface area contributed by atoms with E-state index in [9.17, 15) is 0 Å². The van der Waals surface area contributed by atoms with Crippen molar-refractivity contribution in [2.75, 3.05) is 0 Å². The summed E-state index contributed by atoms with van der Waals surface area (Å²) in [5.74, 6) is 3.06. The fourth-order valence-corrected chi connectivity index (χ4v) is 4.22. The summed E-state index contributed by atoms with van der Waals surface area (Å²) in [4.78, 5) is 0.839. The first kappa shape index (κ1) is 12.0. The Morgan fingerprint density at radius 1 is 0.933 bits per heavy atom. The maximum Gasteiger partial charge on any atom is 0.0174 e. The molecule has 0 bridgehead atoms. The topological polar surface area (TPSA) is 0 Å². The molecule has 88 valence electrons. The molecule has 0 spiro atoms. The molecule has 0 aromatic rings. The lowest BCUT2D eigenvalue weighted by atomic mass is 9.75. The van der Waals surface area contributed by atoms with Crippen molar-refractivity contribution in [3.63, 3.8) is 0 Å². The molecular weight excluding hydrogens is 248 g/mol. The highest BCUT2D eigenvalue weighted by Gasteiger charge is 2.27. The van der Waals surface area contributed by atoms with Crippen LogP contribution in [0.1, 0.15) is 64.7 Å². The summed E-state index contributed by atoms with van der Waals surface area (Å²) in [5.41, 5.74) is 0. The minimum Gasteiger partial charge on any atom is -0.0888 e. The molecule has 0 heterocycles. The highest BCUT2D eigenvalue weighted by molar-refractivity contribution is 9.09. The molecule has 0 aliphatic heterocycles. The zero-order valence-electron chi connectivity index (χ0n) is 10.1. The molecule has 2 saturated carbocycles. The second-order valence-electron chi connectivity index (χ2n) is 5.92. The summed E-state index contributed by atoms with van der Waals surface area (Å²) in [6.07, 6.45) is 13.4. The molecule has 2 unspecified atom stereocenters. The number of hydrogen-bond acceptors (Lipinski definition) is 0. The summed E-state index contributed by atoms with van der Waals surface area (Å²) in [6, 6.07) is 0. The van der Waals surface area contributed by atoms with Crippen LogP contribution < -0.4 is 0 Å². The Morgan fingerprint density at radius 2 is 1.60 bits per heavy atom. The third-order valence-electron chi connectivity index (χ3n) is 4.59. The lowest BCUT2D eigenvalue weighted by molar-refractivity contribution is 0.224. The molecule has 0 N–H and O–H groups in total. The Kier molecular flexibility index (Phi) is 4.54. The normalized spacial score (nSPS) is 42.8. The summed E-state index contributed by atoms with van der Waals surface area (Å²) in [7, 11) is 0. The molecule has 2 aliphatic carbocycles. The van der Waals surface area contributed by atoms with E-state index in [2.05, 4.69) is 22.9 Å². The average Bonchev–Trinajstić information content (AvgIpc) is 2.25. The van der Waals surface area contributed by atoms with Crippen molar-refractivity contribution in [3.8, 4) is 0 Å². The molecule has 15 heavy (non-hydrogen) atoms. The third kappa shape index (κ3) is 3.47. The van der Waals surface area contributed by atoms with E-state index in [4.69, 9.17) is 0 Å². The fourth-order valence-electron chi connectivity index (χ4n) is 3.42. The van der Waals surface area contributed by atoms with Gasteiger partial charge >= 0.3 is 0 Å². The zero-order chi connectivity index (χ0) is 10.7. The van der Waals surface area contributed by atoms with Gasteiger partial charge in [-0.15, -0.1) is 0 Å². The highest BCUT2D eigenvalue weighted by atomic mass is 79.9. The van der Waals surface area contributed by atoms with Gasteiger partial charge in [0.05, 0.1) is 0 Å². The molecule has 2 aliphatic rings. The lowest BCUT2D eigenvalue weighted by Crippen LogP contribution is -2.24. The van der Waals surface area contributed by atoms with Gasteiger partial charge in [0.1, 0.15) is 0 Å². The molecule has 0 radical (unpaired) electrons. The molecular formula is C14H25Br. The molecule has 0 saturated heterocycles. The molecule has 0 nitrogen and oxygen atoms in total. The van der Waals surface area contributed by atoms with Crippen molar-refractivity contribution in [3.05, 3.63) is 0 Å². The van der Waals surface area contributed by atoms with Crippen LogP contribution in [0.4, 0.5) is 0 Å². The van der Waals surface area contributed by atoms with Crippen molar-refractivity contribution in [1.82, 2.24) is 0 Å². The van der Waals surface area contributed by atoms with E-state index in [1.807, 2.05) is 0 Å². The van der Waals surface area contributed by atoms with Crippen LogP contribution in [0.25, 0.3) is 0 Å². The molecule has 2 atom stereocenters. The number of alkyl halides is 1. The van der Waals surface area contributed by atoms with Crippen molar-refractivity contribution >= 4 is 15.9 Å². The summed E-state index contributed by atoms with van der Waals surface area (Å²) < 4.78 is 0. The van der Waals surface area contributed by atoms with Gasteiger partial charge in [0.15, 0.2) is 0 Å². The summed E-state index contributed by atoms with van der Waals surface area (Å²) in [5, 5.41) is 0. The fraction of sp³-hybridized carbons (Fsp3) is 1.00. The quantitative estimate of drug-likeness (QED) is 0.610. The first-order chi connectivity index (χ1) is 7.25. The lowest BCUT2D eigenvalue weighted by Gasteiger charge is -2.33. The van der Waals surface area contributed by atoms with E-state index in [0.717, 1.165) is 22.6 Å². The maximum atomic E-state index is 3.89. The van der Waals surface area contributed by atoms with Crippen LogP contribution in [-0.4, -0.2) is 4.83 Å². The van der Waals surface area contributed by atoms with Gasteiger partial charge in [-0.25, -0.2) is 0 Å². The van der Waals surface area contributed by atoms with E-state index in [0.29, 0.717) is 0 Å². The van der Waals surface area contributed by atoms with Crippen molar-refractivity contribution < 1.29 is 0 Å². The van der Waals surface area contributed by atoms with Gasteiger partial charge in [-0.2, -0.15) is 0 Å². The largest absolute Gasteiger partial charge is 0.0888 e. The zero-order valence-corrected chi connectivity index (χ0v) is 11.6. The average molecular weight is 273 g/mol. The van der Waals surface area contributed by atoms with E-state index >= 15 is 0 Å². The molecule has 1 heteroatoms. The Morgan fingerprint density at radius 3 is 2.27 bits per heavy atom. The van der Waals surface area contributed by atoms with E-state index in [-0.39, 0.29) is 0 Å². The van der Waals surface area contributed by atoms with Gasteiger partial charge in [0.2, 0.25) is 0 Å². The first-order valence-corrected chi connectivity index (χ1v) is 7.81. The van der Waals surface area contributed by atoms with Gasteiger partial charge < -0.3 is 0 Å². The van der Waals surface area contributed by atoms with Crippen LogP contribution >= 0.6 is 15.9 Å². The molecule has 0 amide bonds. The van der Waals surface area contributed by atoms with Crippen LogP contribution in [0.2, 0.25) is 0 Å². The van der Waals surface area contributed by atoms with E-state index < -0.39 is 0 Å². The second kappa shape index (κ2) is 5.70. The Balaban J connectivity index is 1.75. The number of halogens is 1. The van der Waals surface area contributed by atoms with Crippen LogP contribution in [0.5, 0.6) is 0 Å². The number of hydrogen-bond donors (Lipinski definition) is 0. The van der Waals surface area contributed by atoms with Crippen LogP contribution in [0.3, 0.4) is 0 Å². The van der Waals surface area contributed by atoms with Crippen LogP contribution in [-0.2, 0) is 0 Å². The Hall–Kier alpha value is 0.480. The molecule has 0 aromatic carbocycles. The van der Waals surface area contributed by atoms with Gasteiger partial charge in [0.25, 0.3) is 0 Å². The molecule has 2 rings (SSSR count). The Labute approximate surface area is 103 Å². The Bertz CT molecular complexity index is 182. The number of rotatable bonds is 2. The van der Waals surface area contributed by atoms with Crippen molar-refractivity contribution in [1.29, 1.82) is 0 Å². The SMILES string of the molecule is CC1CCC(CC2CCCCC2Br)CC1. The predicted molar refractivity (Wildman–Crippen MR) is 70.4 cm³/mol. The second-order valence-corrected chi connectivity index (χ2v) is 7.10.